The number of carbonyl (C=O) groups is 1. The number of hydrogen-bond donors (Lipinski definition) is 1. The van der Waals surface area contributed by atoms with E-state index in [-0.39, 0.29) is 5.91 Å². The van der Waals surface area contributed by atoms with Gasteiger partial charge in [0.2, 0.25) is 0 Å². The summed E-state index contributed by atoms with van der Waals surface area (Å²) >= 11 is 6.16. The molecule has 0 aliphatic carbocycles. The number of nitrogens with zero attached hydrogens (tertiary/aromatic N) is 1. The zero-order chi connectivity index (χ0) is 17.4. The molecule has 1 N–H and O–H groups in total. The second-order valence-electron chi connectivity index (χ2n) is 6.36. The number of furan rings is 1. The van der Waals surface area contributed by atoms with E-state index in [0.717, 1.165) is 41.0 Å². The Morgan fingerprint density at radius 3 is 2.68 bits per heavy atom. The number of fused-ring (bicyclic) bond motifs is 1. The van der Waals surface area contributed by atoms with Gasteiger partial charge in [0.05, 0.1) is 11.4 Å². The smallest absolute Gasteiger partial charge is 0.291 e. The van der Waals surface area contributed by atoms with Crippen molar-refractivity contribution in [3.8, 4) is 0 Å². The number of rotatable bonds is 3. The van der Waals surface area contributed by atoms with E-state index < -0.39 is 0 Å². The van der Waals surface area contributed by atoms with Gasteiger partial charge in [-0.2, -0.15) is 0 Å². The molecule has 1 aliphatic heterocycles. The third kappa shape index (κ3) is 2.98. The molecule has 0 radical (unpaired) electrons. The topological polar surface area (TPSA) is 45.5 Å². The summed E-state index contributed by atoms with van der Waals surface area (Å²) in [6.45, 7) is 3.89. The van der Waals surface area contributed by atoms with Crippen LogP contribution in [0.3, 0.4) is 0 Å². The summed E-state index contributed by atoms with van der Waals surface area (Å²) in [5.41, 5.74) is 3.29. The van der Waals surface area contributed by atoms with Crippen LogP contribution in [0.25, 0.3) is 11.0 Å². The van der Waals surface area contributed by atoms with Gasteiger partial charge in [-0.1, -0.05) is 29.8 Å². The summed E-state index contributed by atoms with van der Waals surface area (Å²) in [5.74, 6) is 0.0879. The fourth-order valence-electron chi connectivity index (χ4n) is 3.41. The average Bonchev–Trinajstić information content (AvgIpc) is 3.24. The quantitative estimate of drug-likeness (QED) is 0.699. The molecule has 0 bridgehead atoms. The predicted molar refractivity (Wildman–Crippen MR) is 102 cm³/mol. The number of benzene rings is 2. The fraction of sp³-hybridized carbons (Fsp3) is 0.250. The highest BCUT2D eigenvalue weighted by atomic mass is 35.5. The van der Waals surface area contributed by atoms with Gasteiger partial charge in [0.1, 0.15) is 5.58 Å². The van der Waals surface area contributed by atoms with Crippen LogP contribution in [0.15, 0.2) is 46.9 Å². The fourth-order valence-corrected chi connectivity index (χ4v) is 3.58. The van der Waals surface area contributed by atoms with Gasteiger partial charge < -0.3 is 14.6 Å². The second kappa shape index (κ2) is 6.45. The van der Waals surface area contributed by atoms with Crippen molar-refractivity contribution in [2.24, 2.45) is 0 Å². The molecule has 25 heavy (non-hydrogen) atoms. The maximum atomic E-state index is 12.8. The third-order valence-electron chi connectivity index (χ3n) is 4.70. The summed E-state index contributed by atoms with van der Waals surface area (Å²) in [7, 11) is 0. The zero-order valence-electron chi connectivity index (χ0n) is 14.0. The Balaban J connectivity index is 1.68. The molecule has 0 unspecified atom stereocenters. The summed E-state index contributed by atoms with van der Waals surface area (Å²) in [5, 5.41) is 4.54. The van der Waals surface area contributed by atoms with E-state index in [9.17, 15) is 4.79 Å². The number of para-hydroxylation sites is 1. The monoisotopic (exact) mass is 354 g/mol. The van der Waals surface area contributed by atoms with Crippen LogP contribution < -0.4 is 10.2 Å². The molecule has 2 aromatic carbocycles. The SMILES string of the molecule is Cc1c(C(=O)Nc2cc(Cl)ccc2N2CCCC2)oc2ccccc12. The molecule has 1 saturated heterocycles. The first-order chi connectivity index (χ1) is 12.1. The maximum Gasteiger partial charge on any atom is 0.291 e. The number of aryl methyl sites for hydroxylation is 1. The Kier molecular flexibility index (Phi) is 4.14. The van der Waals surface area contributed by atoms with Gasteiger partial charge in [0.25, 0.3) is 5.91 Å². The van der Waals surface area contributed by atoms with Crippen molar-refractivity contribution in [2.75, 3.05) is 23.3 Å². The highest BCUT2D eigenvalue weighted by molar-refractivity contribution is 6.31. The normalized spacial score (nSPS) is 14.2. The van der Waals surface area contributed by atoms with Gasteiger partial charge in [-0.3, -0.25) is 4.79 Å². The lowest BCUT2D eigenvalue weighted by atomic mass is 10.1. The van der Waals surface area contributed by atoms with Gasteiger partial charge >= 0.3 is 0 Å². The molecule has 2 heterocycles. The minimum atomic E-state index is -0.253. The van der Waals surface area contributed by atoms with Crippen molar-refractivity contribution in [2.45, 2.75) is 19.8 Å². The standard InChI is InChI=1S/C20H19ClN2O2/c1-13-15-6-2-3-7-18(15)25-19(13)20(24)22-16-12-14(21)8-9-17(16)23-10-4-5-11-23/h2-3,6-9,12H,4-5,10-11H2,1H3,(H,22,24). The van der Waals surface area contributed by atoms with E-state index in [4.69, 9.17) is 16.0 Å². The van der Waals surface area contributed by atoms with Gasteiger partial charge in [-0.15, -0.1) is 0 Å². The van der Waals surface area contributed by atoms with Crippen molar-refractivity contribution in [3.63, 3.8) is 0 Å². The van der Waals surface area contributed by atoms with Crippen LogP contribution in [0.4, 0.5) is 11.4 Å². The first-order valence-electron chi connectivity index (χ1n) is 8.47. The van der Waals surface area contributed by atoms with Gasteiger partial charge in [0.15, 0.2) is 5.76 Å². The molecule has 128 valence electrons. The minimum absolute atomic E-state index is 0.253. The third-order valence-corrected chi connectivity index (χ3v) is 4.94. The van der Waals surface area contributed by atoms with Gasteiger partial charge in [0, 0.05) is 29.1 Å². The van der Waals surface area contributed by atoms with E-state index >= 15 is 0 Å². The predicted octanol–water partition coefficient (Wildman–Crippen LogP) is 5.25. The Bertz CT molecular complexity index is 942. The number of amides is 1. The Morgan fingerprint density at radius 1 is 1.16 bits per heavy atom. The van der Waals surface area contributed by atoms with E-state index in [2.05, 4.69) is 10.2 Å². The number of carbonyl (C=O) groups excluding carboxylic acids is 1. The molecular formula is C20H19ClN2O2. The number of halogens is 1. The van der Waals surface area contributed by atoms with Crippen LogP contribution in [0.1, 0.15) is 29.0 Å². The van der Waals surface area contributed by atoms with Crippen LogP contribution in [0.5, 0.6) is 0 Å². The highest BCUT2D eigenvalue weighted by Crippen LogP contribution is 2.33. The van der Waals surface area contributed by atoms with E-state index in [1.807, 2.05) is 43.3 Å². The van der Waals surface area contributed by atoms with E-state index in [1.165, 1.54) is 12.8 Å². The lowest BCUT2D eigenvalue weighted by Crippen LogP contribution is -2.21. The molecule has 5 heteroatoms. The molecule has 4 rings (SSSR count). The van der Waals surface area contributed by atoms with Crippen LogP contribution in [0, 0.1) is 6.92 Å². The molecule has 0 spiro atoms. The Labute approximate surface area is 151 Å². The highest BCUT2D eigenvalue weighted by Gasteiger charge is 2.21. The number of anilines is 2. The van der Waals surface area contributed by atoms with Crippen LogP contribution in [0.2, 0.25) is 5.02 Å². The van der Waals surface area contributed by atoms with Crippen molar-refractivity contribution >= 4 is 39.9 Å². The van der Waals surface area contributed by atoms with Crippen molar-refractivity contribution in [1.82, 2.24) is 0 Å². The van der Waals surface area contributed by atoms with Crippen molar-refractivity contribution in [3.05, 3.63) is 58.8 Å². The Morgan fingerprint density at radius 2 is 1.92 bits per heavy atom. The molecule has 0 atom stereocenters. The van der Waals surface area contributed by atoms with E-state index in [0.29, 0.717) is 10.8 Å². The minimum Gasteiger partial charge on any atom is -0.451 e. The summed E-state index contributed by atoms with van der Waals surface area (Å²) in [4.78, 5) is 15.1. The molecule has 0 saturated carbocycles. The first kappa shape index (κ1) is 16.0. The van der Waals surface area contributed by atoms with Crippen molar-refractivity contribution in [1.29, 1.82) is 0 Å². The number of hydrogen-bond acceptors (Lipinski definition) is 3. The van der Waals surface area contributed by atoms with E-state index in [1.54, 1.807) is 6.07 Å². The largest absolute Gasteiger partial charge is 0.451 e. The van der Waals surface area contributed by atoms with Gasteiger partial charge in [-0.05, 0) is 44.0 Å². The number of nitrogens with one attached hydrogen (secondary N) is 1. The van der Waals surface area contributed by atoms with Crippen molar-refractivity contribution < 1.29 is 9.21 Å². The van der Waals surface area contributed by atoms with Crippen LogP contribution in [-0.4, -0.2) is 19.0 Å². The maximum absolute atomic E-state index is 12.8. The van der Waals surface area contributed by atoms with Gasteiger partial charge in [-0.25, -0.2) is 0 Å². The van der Waals surface area contributed by atoms with Crippen LogP contribution in [-0.2, 0) is 0 Å². The molecule has 1 fully saturated rings. The lowest BCUT2D eigenvalue weighted by Gasteiger charge is -2.21. The summed E-state index contributed by atoms with van der Waals surface area (Å²) in [6, 6.07) is 13.3. The molecule has 1 aromatic heterocycles. The van der Waals surface area contributed by atoms with Crippen LogP contribution >= 0.6 is 11.6 Å². The Hall–Kier alpha value is -2.46. The molecule has 4 nitrogen and oxygen atoms in total. The molecular weight excluding hydrogens is 336 g/mol. The lowest BCUT2D eigenvalue weighted by molar-refractivity contribution is 0.0998. The second-order valence-corrected chi connectivity index (χ2v) is 6.80. The summed E-state index contributed by atoms with van der Waals surface area (Å²) < 4.78 is 5.77. The zero-order valence-corrected chi connectivity index (χ0v) is 14.8. The summed E-state index contributed by atoms with van der Waals surface area (Å²) in [6.07, 6.45) is 2.33. The first-order valence-corrected chi connectivity index (χ1v) is 8.85. The molecule has 1 amide bonds. The molecule has 3 aromatic rings. The molecule has 1 aliphatic rings. The average molecular weight is 355 g/mol.